The molecule has 0 radical (unpaired) electrons. The molecule has 0 atom stereocenters. The van der Waals surface area contributed by atoms with E-state index in [-0.39, 0.29) is 16.6 Å². The Morgan fingerprint density at radius 2 is 1.90 bits per heavy atom. The summed E-state index contributed by atoms with van der Waals surface area (Å²) in [5.41, 5.74) is 0.499. The van der Waals surface area contributed by atoms with Crippen LogP contribution in [0, 0.1) is 0 Å². The number of hydrogen-bond donors (Lipinski definition) is 2. The van der Waals surface area contributed by atoms with Gasteiger partial charge in [-0.15, -0.1) is 0 Å². The van der Waals surface area contributed by atoms with Crippen LogP contribution in [0.1, 0.15) is 0 Å². The van der Waals surface area contributed by atoms with Crippen molar-refractivity contribution in [2.45, 2.75) is 4.90 Å². The number of anilines is 1. The largest absolute Gasteiger partial charge is 0.364 e. The standard InChI is InChI=1S/C11H15N3O3S3/c1-14(2)11(18)19-7-10(15)13-8-3-5-9(6-4-8)20(12,16)17/h3-6H,7H2,1-2H3,(H,13,15)(H2,12,16,17). The van der Waals surface area contributed by atoms with Gasteiger partial charge >= 0.3 is 0 Å². The Labute approximate surface area is 127 Å². The van der Waals surface area contributed by atoms with Gasteiger partial charge in [-0.05, 0) is 24.3 Å². The van der Waals surface area contributed by atoms with E-state index in [2.05, 4.69) is 5.32 Å². The minimum absolute atomic E-state index is 0.00124. The molecule has 20 heavy (non-hydrogen) atoms. The lowest BCUT2D eigenvalue weighted by atomic mass is 10.3. The molecule has 0 aromatic heterocycles. The number of primary sulfonamides is 1. The maximum atomic E-state index is 11.7. The SMILES string of the molecule is CN(C)C(=S)SCC(=O)Nc1ccc(S(N)(=O)=O)cc1. The summed E-state index contributed by atoms with van der Waals surface area (Å²) < 4.78 is 22.8. The number of benzene rings is 1. The zero-order chi connectivity index (χ0) is 15.3. The molecule has 0 aliphatic rings. The Bertz CT molecular complexity index is 597. The second kappa shape index (κ2) is 7.02. The number of hydrogen-bond acceptors (Lipinski definition) is 5. The average Bonchev–Trinajstić information content (AvgIpc) is 2.35. The summed E-state index contributed by atoms with van der Waals surface area (Å²) in [5.74, 6) is -0.0314. The highest BCUT2D eigenvalue weighted by molar-refractivity contribution is 8.23. The summed E-state index contributed by atoms with van der Waals surface area (Å²) in [5, 5.41) is 7.62. The van der Waals surface area contributed by atoms with Crippen LogP contribution >= 0.6 is 24.0 Å². The van der Waals surface area contributed by atoms with Crippen LogP contribution in [-0.4, -0.2) is 43.4 Å². The van der Waals surface area contributed by atoms with Gasteiger partial charge in [0.15, 0.2) is 0 Å². The molecule has 0 aliphatic heterocycles. The molecular formula is C11H15N3O3S3. The number of sulfonamides is 1. The number of thioether (sulfide) groups is 1. The Morgan fingerprint density at radius 3 is 2.35 bits per heavy atom. The molecule has 1 amide bonds. The second-order valence-corrected chi connectivity index (χ2v) is 7.24. The molecule has 6 nitrogen and oxygen atoms in total. The molecule has 0 fully saturated rings. The lowest BCUT2D eigenvalue weighted by Gasteiger charge is -2.12. The van der Waals surface area contributed by atoms with Crippen LogP contribution in [0.15, 0.2) is 29.2 Å². The number of thiocarbonyl (C=S) groups is 1. The Hall–Kier alpha value is -1.16. The first kappa shape index (κ1) is 16.9. The van der Waals surface area contributed by atoms with E-state index in [1.807, 2.05) is 0 Å². The number of rotatable bonds is 4. The predicted molar refractivity (Wildman–Crippen MR) is 85.2 cm³/mol. The van der Waals surface area contributed by atoms with Gasteiger partial charge in [0.25, 0.3) is 0 Å². The quantitative estimate of drug-likeness (QED) is 0.794. The first-order valence-corrected chi connectivity index (χ1v) is 8.41. The third-order valence-electron chi connectivity index (χ3n) is 2.16. The number of nitrogens with two attached hydrogens (primary N) is 1. The Morgan fingerprint density at radius 1 is 1.35 bits per heavy atom. The number of carbonyl (C=O) groups is 1. The fraction of sp³-hybridized carbons (Fsp3) is 0.273. The number of nitrogens with zero attached hydrogens (tertiary/aromatic N) is 1. The van der Waals surface area contributed by atoms with Crippen molar-refractivity contribution in [1.82, 2.24) is 4.90 Å². The van der Waals surface area contributed by atoms with E-state index in [0.29, 0.717) is 10.0 Å². The normalized spacial score (nSPS) is 10.9. The van der Waals surface area contributed by atoms with E-state index in [9.17, 15) is 13.2 Å². The molecular weight excluding hydrogens is 318 g/mol. The fourth-order valence-corrected chi connectivity index (χ4v) is 2.46. The van der Waals surface area contributed by atoms with Crippen molar-refractivity contribution in [1.29, 1.82) is 0 Å². The topological polar surface area (TPSA) is 92.5 Å². The van der Waals surface area contributed by atoms with Crippen molar-refractivity contribution in [3.63, 3.8) is 0 Å². The van der Waals surface area contributed by atoms with Gasteiger partial charge in [-0.3, -0.25) is 4.79 Å². The van der Waals surface area contributed by atoms with Crippen molar-refractivity contribution in [3.05, 3.63) is 24.3 Å². The lowest BCUT2D eigenvalue weighted by molar-refractivity contribution is -0.113. The van der Waals surface area contributed by atoms with Gasteiger partial charge in [0.2, 0.25) is 15.9 Å². The molecule has 0 aliphatic carbocycles. The van der Waals surface area contributed by atoms with Crippen molar-refractivity contribution in [2.24, 2.45) is 5.14 Å². The number of amides is 1. The molecule has 110 valence electrons. The van der Waals surface area contributed by atoms with E-state index < -0.39 is 10.0 Å². The molecule has 0 unspecified atom stereocenters. The monoisotopic (exact) mass is 333 g/mol. The first-order valence-electron chi connectivity index (χ1n) is 5.47. The van der Waals surface area contributed by atoms with Crippen LogP contribution in [0.5, 0.6) is 0 Å². The van der Waals surface area contributed by atoms with E-state index in [4.69, 9.17) is 17.4 Å². The molecule has 3 N–H and O–H groups in total. The summed E-state index contributed by atoms with van der Waals surface area (Å²) in [4.78, 5) is 13.4. The molecule has 0 heterocycles. The summed E-state index contributed by atoms with van der Waals surface area (Å²) in [6.07, 6.45) is 0. The number of nitrogens with one attached hydrogen (secondary N) is 1. The van der Waals surface area contributed by atoms with E-state index in [0.717, 1.165) is 0 Å². The van der Waals surface area contributed by atoms with Crippen molar-refractivity contribution < 1.29 is 13.2 Å². The molecule has 0 saturated carbocycles. The minimum Gasteiger partial charge on any atom is -0.364 e. The van der Waals surface area contributed by atoms with Gasteiger partial charge in [-0.25, -0.2) is 13.6 Å². The van der Waals surface area contributed by atoms with Crippen LogP contribution in [-0.2, 0) is 14.8 Å². The third kappa shape index (κ3) is 5.45. The molecule has 9 heteroatoms. The highest BCUT2D eigenvalue weighted by Crippen LogP contribution is 2.13. The maximum absolute atomic E-state index is 11.7. The maximum Gasteiger partial charge on any atom is 0.238 e. The smallest absolute Gasteiger partial charge is 0.238 e. The molecule has 1 rings (SSSR count). The minimum atomic E-state index is -3.72. The van der Waals surface area contributed by atoms with Gasteiger partial charge in [0.05, 0.1) is 10.6 Å². The van der Waals surface area contributed by atoms with Crippen molar-refractivity contribution in [2.75, 3.05) is 25.2 Å². The molecule has 0 bridgehead atoms. The molecule has 0 spiro atoms. The van der Waals surface area contributed by atoms with Crippen molar-refractivity contribution >= 4 is 49.9 Å². The van der Waals surface area contributed by atoms with Gasteiger partial charge in [0, 0.05) is 19.8 Å². The van der Waals surface area contributed by atoms with Gasteiger partial charge in [0.1, 0.15) is 4.32 Å². The summed E-state index contributed by atoms with van der Waals surface area (Å²) in [7, 11) is -0.109. The zero-order valence-electron chi connectivity index (χ0n) is 11.0. The third-order valence-corrected chi connectivity index (χ3v) is 4.83. The van der Waals surface area contributed by atoms with Crippen LogP contribution < -0.4 is 10.5 Å². The van der Waals surface area contributed by atoms with E-state index >= 15 is 0 Å². The van der Waals surface area contributed by atoms with Crippen LogP contribution in [0.25, 0.3) is 0 Å². The van der Waals surface area contributed by atoms with Crippen LogP contribution in [0.4, 0.5) is 5.69 Å². The Balaban J connectivity index is 2.57. The zero-order valence-corrected chi connectivity index (χ0v) is 13.4. The molecule has 0 saturated heterocycles. The highest BCUT2D eigenvalue weighted by Gasteiger charge is 2.09. The summed E-state index contributed by atoms with van der Waals surface area (Å²) in [6.45, 7) is 0. The summed E-state index contributed by atoms with van der Waals surface area (Å²) >= 11 is 6.30. The number of carbonyl (C=O) groups excluding carboxylic acids is 1. The van der Waals surface area contributed by atoms with Crippen LogP contribution in [0.3, 0.4) is 0 Å². The second-order valence-electron chi connectivity index (χ2n) is 4.07. The Kier molecular flexibility index (Phi) is 5.93. The van der Waals surface area contributed by atoms with E-state index in [1.165, 1.54) is 36.0 Å². The fourth-order valence-electron chi connectivity index (χ4n) is 1.18. The van der Waals surface area contributed by atoms with E-state index in [1.54, 1.807) is 19.0 Å². The molecule has 1 aromatic rings. The summed E-state index contributed by atoms with van der Waals surface area (Å²) in [6, 6.07) is 5.63. The van der Waals surface area contributed by atoms with Crippen molar-refractivity contribution in [3.8, 4) is 0 Å². The lowest BCUT2D eigenvalue weighted by Crippen LogP contribution is -2.20. The predicted octanol–water partition coefficient (Wildman–Crippen LogP) is 0.852. The van der Waals surface area contributed by atoms with Gasteiger partial charge < -0.3 is 10.2 Å². The van der Waals surface area contributed by atoms with Gasteiger partial charge in [-0.1, -0.05) is 24.0 Å². The van der Waals surface area contributed by atoms with Crippen LogP contribution in [0.2, 0.25) is 0 Å². The van der Waals surface area contributed by atoms with Gasteiger partial charge in [-0.2, -0.15) is 0 Å². The molecule has 1 aromatic carbocycles. The highest BCUT2D eigenvalue weighted by atomic mass is 32.2. The first-order chi connectivity index (χ1) is 9.20. The average molecular weight is 333 g/mol.